The summed E-state index contributed by atoms with van der Waals surface area (Å²) >= 11 is 0. The van der Waals surface area contributed by atoms with E-state index >= 15 is 0 Å². The van der Waals surface area contributed by atoms with Crippen molar-refractivity contribution in [3.05, 3.63) is 35.6 Å². The minimum atomic E-state index is -3.25. The molecule has 3 rings (SSSR count). The first-order valence-corrected chi connectivity index (χ1v) is 8.43. The Hall–Kier alpha value is -0.980. The zero-order valence-electron chi connectivity index (χ0n) is 11.1. The Labute approximate surface area is 118 Å². The highest BCUT2D eigenvalue weighted by molar-refractivity contribution is 7.90. The molecule has 1 aliphatic heterocycles. The van der Waals surface area contributed by atoms with Crippen molar-refractivity contribution >= 4 is 10.0 Å². The van der Waals surface area contributed by atoms with Gasteiger partial charge in [-0.3, -0.25) is 0 Å². The van der Waals surface area contributed by atoms with Gasteiger partial charge in [0.15, 0.2) is 0 Å². The quantitative estimate of drug-likeness (QED) is 0.922. The summed E-state index contributed by atoms with van der Waals surface area (Å²) in [7, 11) is -3.25. The molecule has 0 bridgehead atoms. The van der Waals surface area contributed by atoms with Gasteiger partial charge in [0, 0.05) is 6.04 Å². The summed E-state index contributed by atoms with van der Waals surface area (Å²) in [5, 5.41) is -0.396. The van der Waals surface area contributed by atoms with Gasteiger partial charge < -0.3 is 4.74 Å². The highest BCUT2D eigenvalue weighted by Crippen LogP contribution is 2.35. The van der Waals surface area contributed by atoms with E-state index in [0.717, 1.165) is 24.8 Å². The summed E-state index contributed by atoms with van der Waals surface area (Å²) in [6.07, 6.45) is 2.53. The monoisotopic (exact) mass is 299 g/mol. The summed E-state index contributed by atoms with van der Waals surface area (Å²) in [5.41, 5.74) is 1.08. The molecule has 0 amide bonds. The van der Waals surface area contributed by atoms with Crippen LogP contribution in [0.15, 0.2) is 24.3 Å². The summed E-state index contributed by atoms with van der Waals surface area (Å²) in [6, 6.07) is 6.47. The summed E-state index contributed by atoms with van der Waals surface area (Å²) in [4.78, 5) is 0. The summed E-state index contributed by atoms with van der Waals surface area (Å²) < 4.78 is 44.7. The van der Waals surface area contributed by atoms with E-state index in [1.165, 1.54) is 12.1 Å². The van der Waals surface area contributed by atoms with Crippen LogP contribution in [0.1, 0.15) is 30.7 Å². The Morgan fingerprint density at radius 3 is 2.45 bits per heavy atom. The number of sulfonamides is 1. The van der Waals surface area contributed by atoms with Crippen molar-refractivity contribution in [2.75, 3.05) is 13.2 Å². The number of rotatable bonds is 4. The van der Waals surface area contributed by atoms with Crippen molar-refractivity contribution in [1.29, 1.82) is 0 Å². The lowest BCUT2D eigenvalue weighted by atomic mass is 9.98. The van der Waals surface area contributed by atoms with Crippen LogP contribution in [0.3, 0.4) is 0 Å². The van der Waals surface area contributed by atoms with E-state index < -0.39 is 15.3 Å². The number of benzene rings is 1. The second kappa shape index (κ2) is 5.42. The highest BCUT2D eigenvalue weighted by atomic mass is 32.2. The number of hydrogen-bond acceptors (Lipinski definition) is 3. The highest BCUT2D eigenvalue weighted by Gasteiger charge is 2.36. The zero-order valence-corrected chi connectivity index (χ0v) is 11.9. The van der Waals surface area contributed by atoms with Gasteiger partial charge in [-0.05, 0) is 42.9 Å². The molecule has 20 heavy (non-hydrogen) atoms. The van der Waals surface area contributed by atoms with Crippen molar-refractivity contribution in [3.8, 4) is 0 Å². The molecule has 0 unspecified atom stereocenters. The lowest BCUT2D eigenvalue weighted by Gasteiger charge is -2.27. The second-order valence-corrected chi connectivity index (χ2v) is 7.57. The third kappa shape index (κ3) is 2.87. The molecule has 0 aromatic heterocycles. The van der Waals surface area contributed by atoms with Crippen molar-refractivity contribution in [1.82, 2.24) is 4.72 Å². The molecule has 1 aliphatic carbocycles. The smallest absolute Gasteiger partial charge is 0.219 e. The van der Waals surface area contributed by atoms with E-state index in [4.69, 9.17) is 4.74 Å². The average molecular weight is 299 g/mol. The average Bonchev–Trinajstić information content (AvgIpc) is 2.74. The molecule has 4 nitrogen and oxygen atoms in total. The largest absolute Gasteiger partial charge is 0.378 e. The fourth-order valence-corrected chi connectivity index (χ4v) is 4.27. The molecule has 6 heteroatoms. The Morgan fingerprint density at radius 1 is 1.15 bits per heavy atom. The van der Waals surface area contributed by atoms with Gasteiger partial charge in [-0.25, -0.2) is 17.5 Å². The molecule has 2 fully saturated rings. The molecule has 1 aromatic rings. The number of ether oxygens (including phenoxy) is 1. The van der Waals surface area contributed by atoms with E-state index in [0.29, 0.717) is 19.1 Å². The van der Waals surface area contributed by atoms with Gasteiger partial charge in [0.2, 0.25) is 10.0 Å². The van der Waals surface area contributed by atoms with Crippen LogP contribution in [0.2, 0.25) is 0 Å². The number of hydrogen-bond donors (Lipinski definition) is 1. The maximum Gasteiger partial charge on any atom is 0.219 e. The van der Waals surface area contributed by atoms with Crippen molar-refractivity contribution < 1.29 is 17.5 Å². The minimum absolute atomic E-state index is 0.0179. The molecule has 1 saturated heterocycles. The molecule has 1 heterocycles. The third-order valence-corrected chi connectivity index (χ3v) is 5.96. The molecule has 0 radical (unpaired) electrons. The maximum absolute atomic E-state index is 12.9. The lowest BCUT2D eigenvalue weighted by molar-refractivity contribution is 0.0410. The van der Waals surface area contributed by atoms with Gasteiger partial charge >= 0.3 is 0 Å². The van der Waals surface area contributed by atoms with Crippen molar-refractivity contribution in [3.63, 3.8) is 0 Å². The van der Waals surface area contributed by atoms with Gasteiger partial charge in [0.1, 0.15) is 11.1 Å². The van der Waals surface area contributed by atoms with Crippen molar-refractivity contribution in [2.24, 2.45) is 0 Å². The summed E-state index contributed by atoms with van der Waals surface area (Å²) in [5.74, 6) is 0.0647. The fourth-order valence-electron chi connectivity index (χ4n) is 2.85. The molecule has 2 aliphatic rings. The lowest BCUT2D eigenvalue weighted by Crippen LogP contribution is -2.49. The van der Waals surface area contributed by atoms with E-state index in [1.807, 2.05) is 0 Å². The zero-order chi connectivity index (χ0) is 14.2. The van der Waals surface area contributed by atoms with E-state index in [9.17, 15) is 12.8 Å². The molecule has 110 valence electrons. The van der Waals surface area contributed by atoms with Gasteiger partial charge in [-0.1, -0.05) is 12.1 Å². The Bertz CT molecular complexity index is 569. The van der Waals surface area contributed by atoms with Gasteiger partial charge in [-0.2, -0.15) is 0 Å². The van der Waals surface area contributed by atoms with Crippen LogP contribution in [-0.2, 0) is 14.8 Å². The topological polar surface area (TPSA) is 55.4 Å². The van der Waals surface area contributed by atoms with Gasteiger partial charge in [0.05, 0.1) is 13.2 Å². The first-order valence-electron chi connectivity index (χ1n) is 6.89. The first-order chi connectivity index (χ1) is 9.54. The molecular formula is C14H18FNO3S. The molecule has 2 atom stereocenters. The molecule has 1 saturated carbocycles. The Kier molecular flexibility index (Phi) is 3.79. The molecule has 1 N–H and O–H groups in total. The van der Waals surface area contributed by atoms with Crippen LogP contribution in [0.5, 0.6) is 0 Å². The van der Waals surface area contributed by atoms with E-state index in [1.54, 1.807) is 12.1 Å². The van der Waals surface area contributed by atoms with Crippen LogP contribution in [0.4, 0.5) is 4.39 Å². The van der Waals surface area contributed by atoms with Crippen LogP contribution >= 0.6 is 0 Å². The van der Waals surface area contributed by atoms with Gasteiger partial charge in [-0.15, -0.1) is 0 Å². The normalized spacial score (nSPS) is 27.4. The minimum Gasteiger partial charge on any atom is -0.378 e. The third-order valence-electron chi connectivity index (χ3n) is 4.15. The molecule has 0 spiro atoms. The fraction of sp³-hybridized carbons (Fsp3) is 0.571. The molecule has 1 aromatic carbocycles. The Balaban J connectivity index is 1.60. The summed E-state index contributed by atoms with van der Waals surface area (Å²) in [6.45, 7) is 0.590. The molecular weight excluding hydrogens is 281 g/mol. The Morgan fingerprint density at radius 2 is 1.85 bits per heavy atom. The van der Waals surface area contributed by atoms with Gasteiger partial charge in [0.25, 0.3) is 0 Å². The van der Waals surface area contributed by atoms with Crippen molar-refractivity contribution in [2.45, 2.75) is 36.5 Å². The van der Waals surface area contributed by atoms with E-state index in [2.05, 4.69) is 4.72 Å². The number of halogens is 1. The van der Waals surface area contributed by atoms with Crippen LogP contribution in [-0.4, -0.2) is 32.9 Å². The van der Waals surface area contributed by atoms with Crippen LogP contribution in [0.25, 0.3) is 0 Å². The standard InChI is InChI=1S/C14H18FNO3S/c15-12-4-1-10(2-5-12)11-3-6-13(7-11)16-20(17,18)14-8-19-9-14/h1-2,4-5,11,13-14,16H,3,6-9H2/t11-,13-/m1/s1. The first kappa shape index (κ1) is 14.0. The van der Waals surface area contributed by atoms with Crippen LogP contribution in [0, 0.1) is 5.82 Å². The number of nitrogens with one attached hydrogen (secondary N) is 1. The SMILES string of the molecule is O=S(=O)(N[C@@H]1CC[C@@H](c2ccc(F)cc2)C1)C1COC1. The van der Waals surface area contributed by atoms with Crippen LogP contribution < -0.4 is 4.72 Å². The van der Waals surface area contributed by atoms with E-state index in [-0.39, 0.29) is 11.9 Å². The predicted molar refractivity (Wildman–Crippen MR) is 73.4 cm³/mol. The maximum atomic E-state index is 12.9. The predicted octanol–water partition coefficient (Wildman–Crippen LogP) is 1.78. The second-order valence-electron chi connectivity index (χ2n) is 5.58.